The molecule has 11 heteroatoms. The number of carboxylic acids is 1. The normalized spacial score (nSPS) is 10.6. The molecule has 0 bridgehead atoms. The minimum Gasteiger partial charge on any atom is -0.497 e. The van der Waals surface area contributed by atoms with Crippen LogP contribution in [0.3, 0.4) is 0 Å². The summed E-state index contributed by atoms with van der Waals surface area (Å²) in [6.07, 6.45) is 0. The number of aromatic nitrogens is 2. The van der Waals surface area contributed by atoms with Crippen molar-refractivity contribution in [1.29, 1.82) is 0 Å². The summed E-state index contributed by atoms with van der Waals surface area (Å²) in [6.45, 7) is 0. The maximum absolute atomic E-state index is 12.3. The highest BCUT2D eigenvalue weighted by molar-refractivity contribution is 7.99. The van der Waals surface area contributed by atoms with Crippen LogP contribution in [0.15, 0.2) is 56.8 Å². The van der Waals surface area contributed by atoms with Gasteiger partial charge in [0.05, 0.1) is 29.1 Å². The Morgan fingerprint density at radius 3 is 2.66 bits per heavy atom. The molecule has 0 saturated carbocycles. The average Bonchev–Trinajstić information content (AvgIpc) is 3.08. The van der Waals surface area contributed by atoms with Crippen molar-refractivity contribution in [3.8, 4) is 11.4 Å². The first-order valence-corrected chi connectivity index (χ1v) is 9.49. The van der Waals surface area contributed by atoms with Crippen LogP contribution in [0.4, 0.5) is 5.69 Å². The number of aromatic amines is 1. The molecule has 3 aromatic rings. The first-order valence-electron chi connectivity index (χ1n) is 8.12. The summed E-state index contributed by atoms with van der Waals surface area (Å²) in [5, 5.41) is 14.4. The summed E-state index contributed by atoms with van der Waals surface area (Å²) in [6, 6.07) is 10.8. The molecule has 0 spiro atoms. The molecule has 1 aromatic heterocycles. The van der Waals surface area contributed by atoms with E-state index >= 15 is 0 Å². The second-order valence-corrected chi connectivity index (χ2v) is 7.03. The average molecular weight is 437 g/mol. The number of H-pyrrole nitrogens is 1. The van der Waals surface area contributed by atoms with E-state index in [1.165, 1.54) is 22.9 Å². The first-order chi connectivity index (χ1) is 13.9. The minimum absolute atomic E-state index is 0.0130. The fourth-order valence-corrected chi connectivity index (χ4v) is 3.30. The standard InChI is InChI=1S/C18H14ClN3O6S/c1-27-12-5-3-11(4-6-12)22-16(18(26)28-21-22)29-9-15(23)20-14-8-10(17(24)25)2-7-13(14)19/h2-8H,9H2,1H3,(H2-,20,21,23,24,25,26)/p+1. The summed E-state index contributed by atoms with van der Waals surface area (Å²) < 4.78 is 11.3. The van der Waals surface area contributed by atoms with Crippen LogP contribution in [-0.4, -0.2) is 35.1 Å². The van der Waals surface area contributed by atoms with Crippen molar-refractivity contribution >= 4 is 40.9 Å². The number of carbonyl (C=O) groups is 2. The van der Waals surface area contributed by atoms with Gasteiger partial charge in [-0.3, -0.25) is 9.32 Å². The van der Waals surface area contributed by atoms with E-state index in [1.54, 1.807) is 31.4 Å². The number of aromatic carboxylic acids is 1. The van der Waals surface area contributed by atoms with Crippen LogP contribution >= 0.6 is 23.4 Å². The molecule has 0 fully saturated rings. The van der Waals surface area contributed by atoms with Crippen LogP contribution in [-0.2, 0) is 4.79 Å². The number of thioether (sulfide) groups is 1. The third-order valence-corrected chi connectivity index (χ3v) is 5.12. The van der Waals surface area contributed by atoms with E-state index in [0.717, 1.165) is 11.8 Å². The maximum atomic E-state index is 12.3. The Balaban J connectivity index is 1.73. The Morgan fingerprint density at radius 2 is 2.00 bits per heavy atom. The van der Waals surface area contributed by atoms with Crippen molar-refractivity contribution in [3.05, 3.63) is 63.5 Å². The predicted octanol–water partition coefficient (Wildman–Crippen LogP) is 2.34. The molecule has 2 aromatic carbocycles. The van der Waals surface area contributed by atoms with Crippen LogP contribution in [0.1, 0.15) is 10.4 Å². The highest BCUT2D eigenvalue weighted by Crippen LogP contribution is 2.24. The van der Waals surface area contributed by atoms with E-state index in [9.17, 15) is 14.4 Å². The Labute approximate surface area is 173 Å². The molecule has 0 aliphatic rings. The zero-order valence-electron chi connectivity index (χ0n) is 15.0. The monoisotopic (exact) mass is 436 g/mol. The number of amides is 1. The number of rotatable bonds is 7. The third kappa shape index (κ3) is 4.79. The molecule has 29 heavy (non-hydrogen) atoms. The molecule has 9 nitrogen and oxygen atoms in total. The molecule has 0 radical (unpaired) electrons. The minimum atomic E-state index is -1.14. The second-order valence-electron chi connectivity index (χ2n) is 5.66. The quantitative estimate of drug-likeness (QED) is 0.383. The number of nitrogens with zero attached hydrogens (tertiary/aromatic N) is 1. The fraction of sp³-hybridized carbons (Fsp3) is 0.111. The van der Waals surface area contributed by atoms with Gasteiger partial charge in [0.25, 0.3) is 0 Å². The SMILES string of the molecule is COc1ccc(-[n+]2[nH]oc(=O)c2SCC(=O)Nc2cc(C(=O)O)ccc2Cl)cc1. The number of benzene rings is 2. The largest absolute Gasteiger partial charge is 0.497 e. The molecule has 0 aliphatic carbocycles. The first kappa shape index (κ1) is 20.5. The van der Waals surface area contributed by atoms with Crippen molar-refractivity contribution in [2.24, 2.45) is 0 Å². The Hall–Kier alpha value is -3.24. The number of hydrogen-bond acceptors (Lipinski definition) is 6. The number of halogens is 1. The van der Waals surface area contributed by atoms with Crippen molar-refractivity contribution in [2.75, 3.05) is 18.2 Å². The summed E-state index contributed by atoms with van der Waals surface area (Å²) in [5.41, 5.74) is 0.128. The highest BCUT2D eigenvalue weighted by Gasteiger charge is 2.25. The number of methoxy groups -OCH3 is 1. The van der Waals surface area contributed by atoms with E-state index in [1.807, 2.05) is 0 Å². The Morgan fingerprint density at radius 1 is 1.28 bits per heavy atom. The number of anilines is 1. The molecule has 0 saturated heterocycles. The lowest BCUT2D eigenvalue weighted by Gasteiger charge is -2.07. The van der Waals surface area contributed by atoms with Gasteiger partial charge in [0.2, 0.25) is 11.6 Å². The molecule has 150 valence electrons. The van der Waals surface area contributed by atoms with Crippen LogP contribution < -0.4 is 20.4 Å². The summed E-state index contributed by atoms with van der Waals surface area (Å²) >= 11 is 6.95. The van der Waals surface area contributed by atoms with Gasteiger partial charge in [-0.05, 0) is 52.0 Å². The van der Waals surface area contributed by atoms with Crippen LogP contribution in [0, 0.1) is 0 Å². The molecular weight excluding hydrogens is 422 g/mol. The number of ether oxygens (including phenoxy) is 1. The predicted molar refractivity (Wildman–Crippen MR) is 105 cm³/mol. The van der Waals surface area contributed by atoms with E-state index in [-0.39, 0.29) is 27.1 Å². The lowest BCUT2D eigenvalue weighted by Crippen LogP contribution is -2.36. The molecule has 3 N–H and O–H groups in total. The van der Waals surface area contributed by atoms with Crippen molar-refractivity contribution in [2.45, 2.75) is 5.03 Å². The Bertz CT molecular complexity index is 1110. The van der Waals surface area contributed by atoms with Gasteiger partial charge in [-0.15, -0.1) is 0 Å². The Kier molecular flexibility index (Phi) is 6.25. The number of hydrogen-bond donors (Lipinski definition) is 3. The summed E-state index contributed by atoms with van der Waals surface area (Å²) in [5.74, 6) is -1.10. The van der Waals surface area contributed by atoms with Crippen molar-refractivity contribution < 1.29 is 28.6 Å². The van der Waals surface area contributed by atoms with Gasteiger partial charge in [-0.1, -0.05) is 11.6 Å². The highest BCUT2D eigenvalue weighted by atomic mass is 35.5. The summed E-state index contributed by atoms with van der Waals surface area (Å²) in [7, 11) is 1.54. The van der Waals surface area contributed by atoms with Crippen molar-refractivity contribution in [1.82, 2.24) is 5.27 Å². The molecule has 1 heterocycles. The van der Waals surface area contributed by atoms with E-state index in [4.69, 9.17) is 26.0 Å². The van der Waals surface area contributed by atoms with Crippen molar-refractivity contribution in [3.63, 3.8) is 0 Å². The van der Waals surface area contributed by atoms with Gasteiger partial charge < -0.3 is 15.2 Å². The van der Waals surface area contributed by atoms with Crippen LogP contribution in [0.2, 0.25) is 5.02 Å². The molecule has 1 amide bonds. The second kappa shape index (κ2) is 8.84. The van der Waals surface area contributed by atoms with Crippen LogP contribution in [0.5, 0.6) is 5.75 Å². The molecule has 0 aliphatic heterocycles. The molecule has 3 rings (SSSR count). The number of carbonyl (C=O) groups excluding carboxylic acids is 1. The maximum Gasteiger partial charge on any atom is 0.442 e. The topological polar surface area (TPSA) is 126 Å². The smallest absolute Gasteiger partial charge is 0.442 e. The summed E-state index contributed by atoms with van der Waals surface area (Å²) in [4.78, 5) is 35.3. The zero-order chi connectivity index (χ0) is 21.0. The lowest BCUT2D eigenvalue weighted by atomic mass is 10.2. The fourth-order valence-electron chi connectivity index (χ4n) is 2.36. The van der Waals surface area contributed by atoms with Gasteiger partial charge in [-0.25, -0.2) is 9.59 Å². The lowest BCUT2D eigenvalue weighted by molar-refractivity contribution is -0.704. The number of nitrogens with one attached hydrogen (secondary N) is 2. The van der Waals surface area contributed by atoms with E-state index in [2.05, 4.69) is 10.6 Å². The molecule has 0 atom stereocenters. The zero-order valence-corrected chi connectivity index (χ0v) is 16.5. The van der Waals surface area contributed by atoms with Gasteiger partial charge in [0, 0.05) is 12.1 Å². The number of carboxylic acid groups (broad SMARTS) is 1. The third-order valence-electron chi connectivity index (χ3n) is 3.77. The van der Waals surface area contributed by atoms with Gasteiger partial charge in [0.15, 0.2) is 0 Å². The van der Waals surface area contributed by atoms with Gasteiger partial charge >= 0.3 is 16.6 Å². The van der Waals surface area contributed by atoms with E-state index in [0.29, 0.717) is 11.4 Å². The van der Waals surface area contributed by atoms with Gasteiger partial charge in [0.1, 0.15) is 5.75 Å². The van der Waals surface area contributed by atoms with Crippen LogP contribution in [0.25, 0.3) is 5.69 Å². The van der Waals surface area contributed by atoms with Gasteiger partial charge in [-0.2, -0.15) is 0 Å². The van der Waals surface area contributed by atoms with E-state index < -0.39 is 17.5 Å². The molecular formula is C18H15ClN3O6S+. The molecule has 0 unspecified atom stereocenters.